The van der Waals surface area contributed by atoms with Crippen molar-refractivity contribution in [3.63, 3.8) is 0 Å². The van der Waals surface area contributed by atoms with E-state index in [0.717, 1.165) is 96.3 Å². The average molecular weight is 853 g/mol. The van der Waals surface area contributed by atoms with Crippen molar-refractivity contribution < 1.29 is 28.6 Å². The zero-order valence-corrected chi connectivity index (χ0v) is 40.2. The van der Waals surface area contributed by atoms with Crippen LogP contribution in [-0.4, -0.2) is 37.2 Å². The van der Waals surface area contributed by atoms with Gasteiger partial charge in [0.15, 0.2) is 6.10 Å². The third-order valence-corrected chi connectivity index (χ3v) is 11.0. The Morgan fingerprint density at radius 1 is 0.344 bits per heavy atom. The third kappa shape index (κ3) is 48.0. The monoisotopic (exact) mass is 853 g/mol. The van der Waals surface area contributed by atoms with Crippen LogP contribution in [0.3, 0.4) is 0 Å². The first kappa shape index (κ1) is 58.1. The van der Waals surface area contributed by atoms with Gasteiger partial charge in [-0.25, -0.2) is 0 Å². The molecule has 0 aromatic heterocycles. The summed E-state index contributed by atoms with van der Waals surface area (Å²) in [5.41, 5.74) is 0. The van der Waals surface area contributed by atoms with E-state index in [1.807, 2.05) is 0 Å². The Bertz CT molecular complexity index is 1120. The molecule has 0 aromatic carbocycles. The Morgan fingerprint density at radius 3 is 1.00 bits per heavy atom. The van der Waals surface area contributed by atoms with Gasteiger partial charge in [0, 0.05) is 19.3 Å². The predicted molar refractivity (Wildman–Crippen MR) is 261 cm³/mol. The highest BCUT2D eigenvalue weighted by Gasteiger charge is 2.19. The second-order valence-corrected chi connectivity index (χ2v) is 17.1. The summed E-state index contributed by atoms with van der Waals surface area (Å²) in [6.07, 6.45) is 60.8. The number of ether oxygens (including phenoxy) is 3. The second-order valence-electron chi connectivity index (χ2n) is 17.1. The van der Waals surface area contributed by atoms with Crippen LogP contribution in [0.5, 0.6) is 0 Å². The van der Waals surface area contributed by atoms with E-state index in [4.69, 9.17) is 14.2 Å². The van der Waals surface area contributed by atoms with Crippen molar-refractivity contribution in [1.29, 1.82) is 0 Å². The van der Waals surface area contributed by atoms with Gasteiger partial charge in [-0.15, -0.1) is 0 Å². The van der Waals surface area contributed by atoms with Crippen molar-refractivity contribution in [3.8, 4) is 0 Å². The lowest BCUT2D eigenvalue weighted by atomic mass is 10.1. The zero-order valence-electron chi connectivity index (χ0n) is 40.2. The van der Waals surface area contributed by atoms with E-state index in [9.17, 15) is 14.4 Å². The average Bonchev–Trinajstić information content (AvgIpc) is 3.26. The van der Waals surface area contributed by atoms with Crippen LogP contribution in [0.4, 0.5) is 0 Å². The van der Waals surface area contributed by atoms with Crippen molar-refractivity contribution in [2.24, 2.45) is 0 Å². The van der Waals surface area contributed by atoms with Crippen molar-refractivity contribution >= 4 is 17.9 Å². The Kier molecular flexibility index (Phi) is 47.4. The van der Waals surface area contributed by atoms with Crippen LogP contribution in [0.15, 0.2) is 60.8 Å². The maximum absolute atomic E-state index is 12.7. The fraction of sp³-hybridized carbons (Fsp3) is 0.764. The number of hydrogen-bond acceptors (Lipinski definition) is 6. The minimum absolute atomic E-state index is 0.0734. The molecule has 0 saturated heterocycles. The molecule has 0 rings (SSSR count). The Balaban J connectivity index is 4.15. The lowest BCUT2D eigenvalue weighted by molar-refractivity contribution is -0.167. The van der Waals surface area contributed by atoms with E-state index in [1.54, 1.807) is 0 Å². The standard InChI is InChI=1S/C55H96O6/c1-4-7-10-13-16-18-20-21-22-23-24-25-26-27-28-29-30-31-32-33-35-36-39-42-45-48-54(57)60-51-52(50-59-53(56)47-44-41-38-15-12-9-6-3)61-55(58)49-46-43-40-37-34-19-17-14-11-8-5-2/h7,10,16,18,21-22,24-25,27-28,52H,4-6,8-9,11-15,17,19-20,23,26,29-51H2,1-3H3/b10-7-,18-16-,22-21-,25-24-,28-27-. The molecule has 0 saturated carbocycles. The maximum atomic E-state index is 12.7. The summed E-state index contributed by atoms with van der Waals surface area (Å²) in [6.45, 7) is 6.47. The molecule has 6 nitrogen and oxygen atoms in total. The summed E-state index contributed by atoms with van der Waals surface area (Å²) >= 11 is 0. The van der Waals surface area contributed by atoms with Gasteiger partial charge in [0.25, 0.3) is 0 Å². The van der Waals surface area contributed by atoms with E-state index in [0.29, 0.717) is 19.3 Å². The number of carbonyl (C=O) groups excluding carboxylic acids is 3. The maximum Gasteiger partial charge on any atom is 0.306 e. The number of esters is 3. The van der Waals surface area contributed by atoms with E-state index in [2.05, 4.69) is 81.5 Å². The summed E-state index contributed by atoms with van der Waals surface area (Å²) in [6, 6.07) is 0. The van der Waals surface area contributed by atoms with Crippen molar-refractivity contribution in [2.45, 2.75) is 258 Å². The van der Waals surface area contributed by atoms with Gasteiger partial charge in [0.1, 0.15) is 13.2 Å². The topological polar surface area (TPSA) is 78.9 Å². The Labute approximate surface area is 377 Å². The number of unbranched alkanes of at least 4 members (excludes halogenated alkanes) is 25. The third-order valence-electron chi connectivity index (χ3n) is 11.0. The normalized spacial score (nSPS) is 12.5. The van der Waals surface area contributed by atoms with Crippen molar-refractivity contribution in [2.75, 3.05) is 13.2 Å². The van der Waals surface area contributed by atoms with Gasteiger partial charge < -0.3 is 14.2 Å². The minimum Gasteiger partial charge on any atom is -0.462 e. The number of rotatable bonds is 46. The SMILES string of the molecule is CC/C=C\C/C=C\C/C=C\C/C=C\C/C=C\CCCCCCCCCCCC(=O)OCC(COC(=O)CCCCCCCCC)OC(=O)CCCCCCCCCCCCC. The highest BCUT2D eigenvalue weighted by molar-refractivity contribution is 5.71. The highest BCUT2D eigenvalue weighted by Crippen LogP contribution is 2.15. The molecule has 61 heavy (non-hydrogen) atoms. The van der Waals surface area contributed by atoms with Crippen LogP contribution in [0.1, 0.15) is 252 Å². The molecule has 0 spiro atoms. The fourth-order valence-corrected chi connectivity index (χ4v) is 7.17. The molecule has 352 valence electrons. The molecular weight excluding hydrogens is 757 g/mol. The quantitative estimate of drug-likeness (QED) is 0.0263. The fourth-order valence-electron chi connectivity index (χ4n) is 7.17. The van der Waals surface area contributed by atoms with Crippen LogP contribution in [0, 0.1) is 0 Å². The van der Waals surface area contributed by atoms with Crippen LogP contribution >= 0.6 is 0 Å². The predicted octanol–water partition coefficient (Wildman–Crippen LogP) is 16.9. The molecule has 0 aliphatic carbocycles. The first-order valence-corrected chi connectivity index (χ1v) is 25.8. The van der Waals surface area contributed by atoms with Gasteiger partial charge in [0.05, 0.1) is 0 Å². The van der Waals surface area contributed by atoms with Crippen LogP contribution in [0.2, 0.25) is 0 Å². The first-order chi connectivity index (χ1) is 30.0. The lowest BCUT2D eigenvalue weighted by Gasteiger charge is -2.18. The Hall–Kier alpha value is -2.89. The first-order valence-electron chi connectivity index (χ1n) is 25.8. The number of carbonyl (C=O) groups is 3. The van der Waals surface area contributed by atoms with Crippen LogP contribution in [-0.2, 0) is 28.6 Å². The van der Waals surface area contributed by atoms with E-state index < -0.39 is 6.10 Å². The van der Waals surface area contributed by atoms with Crippen molar-refractivity contribution in [3.05, 3.63) is 60.8 Å². The van der Waals surface area contributed by atoms with E-state index in [-0.39, 0.29) is 31.1 Å². The van der Waals surface area contributed by atoms with Crippen molar-refractivity contribution in [1.82, 2.24) is 0 Å². The molecule has 0 heterocycles. The molecule has 0 radical (unpaired) electrons. The molecule has 0 aliphatic rings. The number of allylic oxidation sites excluding steroid dienone is 10. The van der Waals surface area contributed by atoms with E-state index >= 15 is 0 Å². The molecule has 1 unspecified atom stereocenters. The minimum atomic E-state index is -0.769. The van der Waals surface area contributed by atoms with Gasteiger partial charge in [0.2, 0.25) is 0 Å². The van der Waals surface area contributed by atoms with Crippen LogP contribution in [0.25, 0.3) is 0 Å². The molecule has 0 aliphatic heterocycles. The Morgan fingerprint density at radius 2 is 0.639 bits per heavy atom. The zero-order chi connectivity index (χ0) is 44.4. The largest absolute Gasteiger partial charge is 0.462 e. The van der Waals surface area contributed by atoms with Gasteiger partial charge in [-0.1, -0.05) is 229 Å². The summed E-state index contributed by atoms with van der Waals surface area (Å²) in [5.74, 6) is -0.883. The molecule has 1 atom stereocenters. The molecule has 0 amide bonds. The molecule has 0 aromatic rings. The smallest absolute Gasteiger partial charge is 0.306 e. The molecular formula is C55H96O6. The van der Waals surface area contributed by atoms with Gasteiger partial charge in [-0.3, -0.25) is 14.4 Å². The lowest BCUT2D eigenvalue weighted by Crippen LogP contribution is -2.30. The summed E-state index contributed by atoms with van der Waals surface area (Å²) in [7, 11) is 0. The molecule has 0 fully saturated rings. The second kappa shape index (κ2) is 49.8. The van der Waals surface area contributed by atoms with Gasteiger partial charge >= 0.3 is 17.9 Å². The van der Waals surface area contributed by atoms with E-state index in [1.165, 1.54) is 116 Å². The van der Waals surface area contributed by atoms with Gasteiger partial charge in [-0.05, 0) is 64.2 Å². The molecule has 6 heteroatoms. The van der Waals surface area contributed by atoms with Gasteiger partial charge in [-0.2, -0.15) is 0 Å². The summed E-state index contributed by atoms with van der Waals surface area (Å²) in [5, 5.41) is 0. The summed E-state index contributed by atoms with van der Waals surface area (Å²) in [4.78, 5) is 37.7. The van der Waals surface area contributed by atoms with Crippen LogP contribution < -0.4 is 0 Å². The summed E-state index contributed by atoms with van der Waals surface area (Å²) < 4.78 is 16.7. The highest BCUT2D eigenvalue weighted by atomic mass is 16.6. The molecule has 0 bridgehead atoms. The number of hydrogen-bond donors (Lipinski definition) is 0. The molecule has 0 N–H and O–H groups in total.